The van der Waals surface area contributed by atoms with Crippen molar-refractivity contribution in [3.05, 3.63) is 34.9 Å². The highest BCUT2D eigenvalue weighted by Crippen LogP contribution is 2.25. The van der Waals surface area contributed by atoms with Gasteiger partial charge in [-0.2, -0.15) is 0 Å². The summed E-state index contributed by atoms with van der Waals surface area (Å²) >= 11 is 5.85. The van der Waals surface area contributed by atoms with Crippen molar-refractivity contribution in [3.8, 4) is 0 Å². The van der Waals surface area contributed by atoms with Crippen LogP contribution in [0.15, 0.2) is 24.3 Å². The van der Waals surface area contributed by atoms with E-state index in [1.54, 1.807) is 24.3 Å². The lowest BCUT2D eigenvalue weighted by Gasteiger charge is -2.14. The van der Waals surface area contributed by atoms with Crippen LogP contribution < -0.4 is 5.32 Å². The van der Waals surface area contributed by atoms with Gasteiger partial charge in [0.05, 0.1) is 17.1 Å². The summed E-state index contributed by atoms with van der Waals surface area (Å²) < 4.78 is 24.2. The number of hydrogen-bond donors (Lipinski definition) is 2. The Labute approximate surface area is 142 Å². The van der Waals surface area contributed by atoms with Gasteiger partial charge in [0.1, 0.15) is 0 Å². The molecule has 1 atom stereocenters. The van der Waals surface area contributed by atoms with Gasteiger partial charge in [-0.3, -0.25) is 4.79 Å². The first kappa shape index (κ1) is 18.2. The number of rotatable bonds is 7. The van der Waals surface area contributed by atoms with Crippen molar-refractivity contribution in [1.29, 1.82) is 0 Å². The Bertz CT molecular complexity index is 641. The molecule has 0 aromatic heterocycles. The molecule has 128 valence electrons. The van der Waals surface area contributed by atoms with E-state index < -0.39 is 15.9 Å². The lowest BCUT2D eigenvalue weighted by atomic mass is 10.1. The summed E-state index contributed by atoms with van der Waals surface area (Å²) in [6.07, 6.45) is 2.36. The zero-order valence-electron chi connectivity index (χ0n) is 12.9. The molecule has 1 amide bonds. The maximum atomic E-state index is 12.1. The molecule has 0 aliphatic heterocycles. The smallest absolute Gasteiger partial charge is 0.221 e. The second-order valence-electron chi connectivity index (χ2n) is 5.90. The molecule has 1 aliphatic carbocycles. The van der Waals surface area contributed by atoms with E-state index in [0.29, 0.717) is 23.4 Å². The Morgan fingerprint density at radius 3 is 2.70 bits per heavy atom. The highest BCUT2D eigenvalue weighted by atomic mass is 35.5. The minimum atomic E-state index is -3.19. The molecule has 7 heteroatoms. The van der Waals surface area contributed by atoms with Crippen molar-refractivity contribution in [3.63, 3.8) is 0 Å². The van der Waals surface area contributed by atoms with Crippen LogP contribution in [0.1, 0.15) is 43.8 Å². The van der Waals surface area contributed by atoms with Crippen molar-refractivity contribution in [1.82, 2.24) is 5.32 Å². The molecule has 0 saturated heterocycles. The van der Waals surface area contributed by atoms with Crippen LogP contribution in [0.25, 0.3) is 0 Å². The molecular formula is C16H22ClNO4S. The highest BCUT2D eigenvalue weighted by molar-refractivity contribution is 7.92. The van der Waals surface area contributed by atoms with Gasteiger partial charge in [-0.25, -0.2) is 8.42 Å². The van der Waals surface area contributed by atoms with E-state index in [2.05, 4.69) is 5.32 Å². The van der Waals surface area contributed by atoms with Crippen LogP contribution in [0.5, 0.6) is 0 Å². The highest BCUT2D eigenvalue weighted by Gasteiger charge is 2.28. The maximum absolute atomic E-state index is 12.1. The second-order valence-corrected chi connectivity index (χ2v) is 8.74. The van der Waals surface area contributed by atoms with E-state index in [-0.39, 0.29) is 29.9 Å². The molecule has 23 heavy (non-hydrogen) atoms. The van der Waals surface area contributed by atoms with Gasteiger partial charge >= 0.3 is 0 Å². The molecule has 1 aliphatic rings. The molecule has 0 radical (unpaired) electrons. The minimum Gasteiger partial charge on any atom is -0.387 e. The van der Waals surface area contributed by atoms with Crippen molar-refractivity contribution < 1.29 is 18.3 Å². The number of hydrogen-bond acceptors (Lipinski definition) is 4. The van der Waals surface area contributed by atoms with E-state index in [4.69, 9.17) is 11.6 Å². The van der Waals surface area contributed by atoms with E-state index in [9.17, 15) is 18.3 Å². The first-order valence-electron chi connectivity index (χ1n) is 7.80. The molecule has 1 aromatic rings. The molecule has 0 heterocycles. The zero-order valence-corrected chi connectivity index (χ0v) is 14.4. The fourth-order valence-corrected chi connectivity index (χ4v) is 4.83. The van der Waals surface area contributed by atoms with Crippen LogP contribution in [-0.4, -0.2) is 37.0 Å². The van der Waals surface area contributed by atoms with Crippen molar-refractivity contribution in [2.45, 2.75) is 43.5 Å². The quantitative estimate of drug-likeness (QED) is 0.782. The Morgan fingerprint density at radius 2 is 2.04 bits per heavy atom. The molecule has 0 bridgehead atoms. The summed E-state index contributed by atoms with van der Waals surface area (Å²) in [6, 6.07) is 6.76. The monoisotopic (exact) mass is 359 g/mol. The van der Waals surface area contributed by atoms with Crippen molar-refractivity contribution in [2.24, 2.45) is 0 Å². The Kier molecular flexibility index (Phi) is 6.44. The summed E-state index contributed by atoms with van der Waals surface area (Å²) in [5.74, 6) is -0.496. The van der Waals surface area contributed by atoms with Gasteiger partial charge in [-0.05, 0) is 30.5 Å². The van der Waals surface area contributed by atoms with Gasteiger partial charge in [-0.1, -0.05) is 36.6 Å². The molecule has 1 saturated carbocycles. The number of aliphatic hydroxyl groups excluding tert-OH is 1. The Balaban J connectivity index is 1.76. The number of carbonyl (C=O) groups is 1. The van der Waals surface area contributed by atoms with Crippen molar-refractivity contribution >= 4 is 27.3 Å². The predicted octanol–water partition coefficient (Wildman–Crippen LogP) is 2.24. The molecule has 2 N–H and O–H groups in total. The number of sulfone groups is 1. The fraction of sp³-hybridized carbons (Fsp3) is 0.562. The predicted molar refractivity (Wildman–Crippen MR) is 90.1 cm³/mol. The van der Waals surface area contributed by atoms with E-state index >= 15 is 0 Å². The van der Waals surface area contributed by atoms with Crippen LogP contribution in [0.2, 0.25) is 5.02 Å². The summed E-state index contributed by atoms with van der Waals surface area (Å²) in [7, 11) is -3.19. The fourth-order valence-electron chi connectivity index (χ4n) is 2.78. The number of aliphatic hydroxyl groups is 1. The van der Waals surface area contributed by atoms with Gasteiger partial charge in [0.25, 0.3) is 0 Å². The molecule has 0 spiro atoms. The topological polar surface area (TPSA) is 83.5 Å². The average Bonchev–Trinajstić information content (AvgIpc) is 3.06. The zero-order chi connectivity index (χ0) is 16.9. The maximum Gasteiger partial charge on any atom is 0.221 e. The number of carbonyl (C=O) groups excluding carboxylic acids is 1. The first-order chi connectivity index (χ1) is 10.9. The standard InChI is InChI=1S/C16H22ClNO4S/c17-13-5-3-4-12(10-13)15(19)11-18-16(20)8-9-23(21,22)14-6-1-2-7-14/h3-5,10,14-15,19H,1-2,6-9,11H2,(H,18,20)/t15-/m1/s1. The lowest BCUT2D eigenvalue weighted by Crippen LogP contribution is -2.31. The van der Waals surface area contributed by atoms with Gasteiger partial charge in [0, 0.05) is 18.0 Å². The van der Waals surface area contributed by atoms with Gasteiger partial charge in [0.2, 0.25) is 5.91 Å². The Morgan fingerprint density at radius 1 is 1.35 bits per heavy atom. The van der Waals surface area contributed by atoms with Crippen LogP contribution in [0.3, 0.4) is 0 Å². The van der Waals surface area contributed by atoms with Gasteiger partial charge in [0.15, 0.2) is 9.84 Å². The average molecular weight is 360 g/mol. The normalized spacial score (nSPS) is 17.1. The van der Waals surface area contributed by atoms with Gasteiger partial charge < -0.3 is 10.4 Å². The number of nitrogens with one attached hydrogen (secondary N) is 1. The van der Waals surface area contributed by atoms with Crippen LogP contribution >= 0.6 is 11.6 Å². The summed E-state index contributed by atoms with van der Waals surface area (Å²) in [5.41, 5.74) is 0.608. The number of benzene rings is 1. The Hall–Kier alpha value is -1.11. The number of amides is 1. The minimum absolute atomic E-state index is 0.0304. The summed E-state index contributed by atoms with van der Waals surface area (Å²) in [5, 5.41) is 12.8. The number of halogens is 1. The third-order valence-corrected chi connectivity index (χ3v) is 6.65. The SMILES string of the molecule is O=C(CCS(=O)(=O)C1CCCC1)NC[C@@H](O)c1cccc(Cl)c1. The first-order valence-corrected chi connectivity index (χ1v) is 9.89. The molecule has 1 fully saturated rings. The van der Waals surface area contributed by atoms with Gasteiger partial charge in [-0.15, -0.1) is 0 Å². The van der Waals surface area contributed by atoms with E-state index in [0.717, 1.165) is 12.8 Å². The molecule has 5 nitrogen and oxygen atoms in total. The molecule has 0 unspecified atom stereocenters. The van der Waals surface area contributed by atoms with Crippen molar-refractivity contribution in [2.75, 3.05) is 12.3 Å². The second kappa shape index (κ2) is 8.13. The molecule has 1 aromatic carbocycles. The van der Waals surface area contributed by atoms with E-state index in [1.807, 2.05) is 0 Å². The van der Waals surface area contributed by atoms with Crippen LogP contribution in [0, 0.1) is 0 Å². The third-order valence-electron chi connectivity index (χ3n) is 4.15. The van der Waals surface area contributed by atoms with E-state index in [1.165, 1.54) is 0 Å². The third kappa shape index (κ3) is 5.48. The summed E-state index contributed by atoms with van der Waals surface area (Å²) in [4.78, 5) is 11.8. The molecular weight excluding hydrogens is 338 g/mol. The summed E-state index contributed by atoms with van der Waals surface area (Å²) in [6.45, 7) is 0.0304. The molecule has 2 rings (SSSR count). The largest absolute Gasteiger partial charge is 0.387 e. The lowest BCUT2D eigenvalue weighted by molar-refractivity contribution is -0.121. The van der Waals surface area contributed by atoms with Crippen LogP contribution in [0.4, 0.5) is 0 Å². The van der Waals surface area contributed by atoms with Crippen LogP contribution in [-0.2, 0) is 14.6 Å².